The first-order valence-electron chi connectivity index (χ1n) is 13.9. The van der Waals surface area contributed by atoms with Crippen molar-refractivity contribution in [2.45, 2.75) is 31.5 Å². The van der Waals surface area contributed by atoms with E-state index in [1.807, 2.05) is 35.4 Å². The highest BCUT2D eigenvalue weighted by Crippen LogP contribution is 2.33. The van der Waals surface area contributed by atoms with Crippen LogP contribution in [0.15, 0.2) is 48.8 Å². The standard InChI is InChI=1S/C29H35FN6O3/c30-22-14-23(35-11-7-31-8-12-35)16-26(15-22)38-24-4-9-36(10-5-24)29(37)20-1-2-28(39-25-3-6-32-19-25)27(13-20)21-17-33-34-18-21/h1-2,13-18,24-25,31-32H,3-12,19H2,(H,33,34)/t25-/m0/s1. The van der Waals surface area contributed by atoms with Crippen molar-refractivity contribution in [1.82, 2.24) is 25.7 Å². The summed E-state index contributed by atoms with van der Waals surface area (Å²) < 4.78 is 26.8. The van der Waals surface area contributed by atoms with Gasteiger partial charge in [-0.1, -0.05) is 0 Å². The molecule has 3 aromatic rings. The number of likely N-dealkylation sites (tertiary alicyclic amines) is 1. The largest absolute Gasteiger partial charge is 0.490 e. The van der Waals surface area contributed by atoms with Crippen molar-refractivity contribution in [2.24, 2.45) is 0 Å². The molecule has 4 heterocycles. The Kier molecular flexibility index (Phi) is 7.64. The number of piperidine rings is 1. The Morgan fingerprint density at radius 2 is 1.77 bits per heavy atom. The van der Waals surface area contributed by atoms with Gasteiger partial charge in [0.05, 0.1) is 6.20 Å². The molecule has 3 N–H and O–H groups in total. The molecule has 0 saturated carbocycles. The zero-order valence-electron chi connectivity index (χ0n) is 22.0. The van der Waals surface area contributed by atoms with Gasteiger partial charge in [-0.15, -0.1) is 0 Å². The third kappa shape index (κ3) is 6.02. The lowest BCUT2D eigenvalue weighted by atomic mass is 10.0. The van der Waals surface area contributed by atoms with E-state index in [1.165, 1.54) is 6.07 Å². The maximum absolute atomic E-state index is 14.4. The van der Waals surface area contributed by atoms with Gasteiger partial charge in [-0.25, -0.2) is 4.39 Å². The maximum Gasteiger partial charge on any atom is 0.253 e. The van der Waals surface area contributed by atoms with Gasteiger partial charge in [0, 0.05) is 99.4 Å². The SMILES string of the molecule is O=C(c1ccc(O[C@H]2CCNC2)c(-c2cn[nH]c2)c1)N1CCC(Oc2cc(F)cc(N3CCNCC3)c2)CC1. The first-order valence-corrected chi connectivity index (χ1v) is 13.9. The highest BCUT2D eigenvalue weighted by Gasteiger charge is 2.27. The molecule has 3 aliphatic rings. The minimum absolute atomic E-state index is 0.0148. The maximum atomic E-state index is 14.4. The van der Waals surface area contributed by atoms with Crippen LogP contribution in [0.2, 0.25) is 0 Å². The van der Waals surface area contributed by atoms with Crippen molar-refractivity contribution in [3.05, 3.63) is 60.2 Å². The fourth-order valence-corrected chi connectivity index (χ4v) is 5.57. The minimum Gasteiger partial charge on any atom is -0.490 e. The Morgan fingerprint density at radius 3 is 2.51 bits per heavy atom. The van der Waals surface area contributed by atoms with Crippen LogP contribution in [-0.4, -0.2) is 85.6 Å². The normalized spacial score (nSPS) is 20.3. The lowest BCUT2D eigenvalue weighted by Gasteiger charge is -2.33. The van der Waals surface area contributed by atoms with Gasteiger partial charge >= 0.3 is 0 Å². The van der Waals surface area contributed by atoms with Crippen LogP contribution in [0.4, 0.5) is 10.1 Å². The van der Waals surface area contributed by atoms with Crippen LogP contribution in [0.5, 0.6) is 11.5 Å². The molecule has 9 nitrogen and oxygen atoms in total. The topological polar surface area (TPSA) is 94.7 Å². The van der Waals surface area contributed by atoms with Crippen molar-refractivity contribution in [2.75, 3.05) is 57.3 Å². The van der Waals surface area contributed by atoms with Gasteiger partial charge in [-0.3, -0.25) is 9.89 Å². The number of aromatic nitrogens is 2. The average molecular weight is 535 g/mol. The van der Waals surface area contributed by atoms with Gasteiger partial charge < -0.3 is 29.9 Å². The van der Waals surface area contributed by atoms with Gasteiger partial charge in [0.2, 0.25) is 0 Å². The van der Waals surface area contributed by atoms with E-state index in [9.17, 15) is 9.18 Å². The van der Waals surface area contributed by atoms with Crippen LogP contribution in [0, 0.1) is 5.82 Å². The fraction of sp³-hybridized carbons (Fsp3) is 0.448. The molecule has 0 bridgehead atoms. The number of aromatic amines is 1. The van der Waals surface area contributed by atoms with Crippen molar-refractivity contribution < 1.29 is 18.7 Å². The lowest BCUT2D eigenvalue weighted by molar-refractivity contribution is 0.0595. The highest BCUT2D eigenvalue weighted by atomic mass is 19.1. The molecule has 0 unspecified atom stereocenters. The number of H-pyrrole nitrogens is 1. The van der Waals surface area contributed by atoms with Gasteiger partial charge in [-0.05, 0) is 37.2 Å². The number of carbonyl (C=O) groups excluding carboxylic acids is 1. The van der Waals surface area contributed by atoms with Crippen LogP contribution in [0.1, 0.15) is 29.6 Å². The summed E-state index contributed by atoms with van der Waals surface area (Å²) in [4.78, 5) is 17.5. The third-order valence-electron chi connectivity index (χ3n) is 7.71. The quantitative estimate of drug-likeness (QED) is 0.429. The predicted octanol–water partition coefficient (Wildman–Crippen LogP) is 3.05. The summed E-state index contributed by atoms with van der Waals surface area (Å²) in [5.41, 5.74) is 3.21. The first kappa shape index (κ1) is 25.6. The Morgan fingerprint density at radius 1 is 0.923 bits per heavy atom. The number of carbonyl (C=O) groups is 1. The van der Waals surface area contributed by atoms with E-state index in [1.54, 1.807) is 12.3 Å². The summed E-state index contributed by atoms with van der Waals surface area (Å²) >= 11 is 0. The zero-order chi connectivity index (χ0) is 26.6. The number of nitrogens with one attached hydrogen (secondary N) is 3. The van der Waals surface area contributed by atoms with Crippen molar-refractivity contribution >= 4 is 11.6 Å². The Hall–Kier alpha value is -3.63. The monoisotopic (exact) mass is 534 g/mol. The Labute approximate surface area is 227 Å². The van der Waals surface area contributed by atoms with Crippen LogP contribution in [-0.2, 0) is 0 Å². The molecular formula is C29H35FN6O3. The van der Waals surface area contributed by atoms with Gasteiger partial charge in [0.25, 0.3) is 5.91 Å². The molecular weight excluding hydrogens is 499 g/mol. The molecule has 10 heteroatoms. The highest BCUT2D eigenvalue weighted by molar-refractivity contribution is 5.96. The van der Waals surface area contributed by atoms with Crippen LogP contribution in [0.3, 0.4) is 0 Å². The summed E-state index contributed by atoms with van der Waals surface area (Å²) in [7, 11) is 0. The lowest BCUT2D eigenvalue weighted by Crippen LogP contribution is -2.43. The minimum atomic E-state index is -0.293. The first-order chi connectivity index (χ1) is 19.1. The predicted molar refractivity (Wildman–Crippen MR) is 147 cm³/mol. The molecule has 1 amide bonds. The molecule has 6 rings (SSSR count). The average Bonchev–Trinajstić information content (AvgIpc) is 3.69. The molecule has 39 heavy (non-hydrogen) atoms. The number of benzene rings is 2. The van der Waals surface area contributed by atoms with Crippen molar-refractivity contribution in [3.8, 4) is 22.6 Å². The number of anilines is 1. The second kappa shape index (κ2) is 11.6. The smallest absolute Gasteiger partial charge is 0.253 e. The second-order valence-electron chi connectivity index (χ2n) is 10.4. The summed E-state index contributed by atoms with van der Waals surface area (Å²) in [6.07, 6.45) is 5.94. The summed E-state index contributed by atoms with van der Waals surface area (Å²) in [5, 5.41) is 13.6. The molecule has 1 atom stereocenters. The molecule has 206 valence electrons. The van der Waals surface area contributed by atoms with Crippen LogP contribution < -0.4 is 25.0 Å². The van der Waals surface area contributed by atoms with Crippen LogP contribution in [0.25, 0.3) is 11.1 Å². The van der Waals surface area contributed by atoms with E-state index >= 15 is 0 Å². The third-order valence-corrected chi connectivity index (χ3v) is 7.71. The molecule has 2 aromatic carbocycles. The number of halogens is 1. The van der Waals surface area contributed by atoms with Gasteiger partial charge in [-0.2, -0.15) is 5.10 Å². The van der Waals surface area contributed by atoms with Gasteiger partial charge in [0.1, 0.15) is 29.5 Å². The molecule has 1 aromatic heterocycles. The van der Waals surface area contributed by atoms with E-state index in [4.69, 9.17) is 9.47 Å². The zero-order valence-corrected chi connectivity index (χ0v) is 22.0. The molecule has 0 aliphatic carbocycles. The summed E-state index contributed by atoms with van der Waals surface area (Å²) in [6.45, 7) is 6.38. The molecule has 3 fully saturated rings. The van der Waals surface area contributed by atoms with E-state index in [-0.39, 0.29) is 23.9 Å². The van der Waals surface area contributed by atoms with Gasteiger partial charge in [0.15, 0.2) is 0 Å². The van der Waals surface area contributed by atoms with Crippen molar-refractivity contribution in [1.29, 1.82) is 0 Å². The number of rotatable bonds is 7. The number of hydrogen-bond donors (Lipinski definition) is 3. The molecule has 3 aliphatic heterocycles. The number of hydrogen-bond acceptors (Lipinski definition) is 7. The Balaban J connectivity index is 1.10. The summed E-state index contributed by atoms with van der Waals surface area (Å²) in [5.74, 6) is 0.993. The van der Waals surface area contributed by atoms with Crippen molar-refractivity contribution in [3.63, 3.8) is 0 Å². The number of piperazine rings is 1. The van der Waals surface area contributed by atoms with E-state index in [2.05, 4.69) is 25.7 Å². The van der Waals surface area contributed by atoms with E-state index < -0.39 is 0 Å². The Bertz CT molecular complexity index is 1270. The number of amides is 1. The fourth-order valence-electron chi connectivity index (χ4n) is 5.57. The second-order valence-corrected chi connectivity index (χ2v) is 10.4. The molecule has 0 radical (unpaired) electrons. The molecule has 0 spiro atoms. The van der Waals surface area contributed by atoms with E-state index in [0.717, 1.165) is 68.3 Å². The molecule has 3 saturated heterocycles. The van der Waals surface area contributed by atoms with Crippen LogP contribution >= 0.6 is 0 Å². The van der Waals surface area contributed by atoms with E-state index in [0.29, 0.717) is 37.2 Å². The number of ether oxygens (including phenoxy) is 2. The number of nitrogens with zero attached hydrogens (tertiary/aromatic N) is 3. The summed E-state index contributed by atoms with van der Waals surface area (Å²) in [6, 6.07) is 10.6.